The number of benzene rings is 2. The number of carboxylic acid groups (broad SMARTS) is 1. The highest BCUT2D eigenvalue weighted by atomic mass is 19.1. The normalized spacial score (nSPS) is 23.6. The minimum Gasteiger partial charge on any atom is -0.494 e. The third-order valence-electron chi connectivity index (χ3n) is 10.5. The maximum atomic E-state index is 14.3. The van der Waals surface area contributed by atoms with Gasteiger partial charge in [-0.2, -0.15) is 5.10 Å². The highest BCUT2D eigenvalue weighted by Gasteiger charge is 2.43. The number of hydrogen-bond donors (Lipinski definition) is 1. The number of likely N-dealkylation sites (tertiary alicyclic amines) is 1. The van der Waals surface area contributed by atoms with Crippen molar-refractivity contribution < 1.29 is 19.0 Å². The Kier molecular flexibility index (Phi) is 9.70. The number of piperidine rings is 1. The lowest BCUT2D eigenvalue weighted by Gasteiger charge is -2.35. The Balaban J connectivity index is 1.10. The molecule has 1 aliphatic heterocycles. The number of carboxylic acids is 1. The molecule has 1 N–H and O–H groups in total. The molecule has 0 spiro atoms. The van der Waals surface area contributed by atoms with Crippen LogP contribution in [0.1, 0.15) is 93.1 Å². The van der Waals surface area contributed by atoms with Crippen LogP contribution in [0.4, 0.5) is 4.39 Å². The molecule has 44 heavy (non-hydrogen) atoms. The molecule has 0 radical (unpaired) electrons. The van der Waals surface area contributed by atoms with Crippen molar-refractivity contribution in [3.05, 3.63) is 82.9 Å². The van der Waals surface area contributed by atoms with Crippen LogP contribution in [0.25, 0.3) is 0 Å². The predicted molar refractivity (Wildman–Crippen MR) is 171 cm³/mol. The van der Waals surface area contributed by atoms with Gasteiger partial charge in [0.2, 0.25) is 0 Å². The van der Waals surface area contributed by atoms with Gasteiger partial charge < -0.3 is 14.7 Å². The molecule has 3 unspecified atom stereocenters. The van der Waals surface area contributed by atoms with Gasteiger partial charge in [-0.3, -0.25) is 9.48 Å². The second kappa shape index (κ2) is 13.8. The zero-order chi connectivity index (χ0) is 30.6. The van der Waals surface area contributed by atoms with E-state index in [4.69, 9.17) is 9.84 Å². The zero-order valence-electron chi connectivity index (χ0n) is 26.3. The summed E-state index contributed by atoms with van der Waals surface area (Å²) in [6, 6.07) is 17.7. The highest BCUT2D eigenvalue weighted by Crippen LogP contribution is 2.49. The maximum Gasteiger partial charge on any atom is 0.306 e. The summed E-state index contributed by atoms with van der Waals surface area (Å²) in [7, 11) is 0. The molecule has 236 valence electrons. The van der Waals surface area contributed by atoms with E-state index < -0.39 is 5.97 Å². The Morgan fingerprint density at radius 3 is 2.48 bits per heavy atom. The van der Waals surface area contributed by atoms with Crippen molar-refractivity contribution >= 4 is 5.97 Å². The van der Waals surface area contributed by atoms with E-state index in [2.05, 4.69) is 34.7 Å². The number of ether oxygens (including phenoxy) is 1. The van der Waals surface area contributed by atoms with Crippen LogP contribution in [-0.4, -0.2) is 52.0 Å². The first-order chi connectivity index (χ1) is 21.4. The van der Waals surface area contributed by atoms with Gasteiger partial charge in [0.15, 0.2) is 0 Å². The number of aliphatic carboxylic acids is 1. The van der Waals surface area contributed by atoms with Crippen LogP contribution in [0.5, 0.6) is 5.75 Å². The molecule has 2 aliphatic carbocycles. The van der Waals surface area contributed by atoms with Crippen LogP contribution in [0.2, 0.25) is 0 Å². The smallest absolute Gasteiger partial charge is 0.306 e. The molecule has 0 amide bonds. The monoisotopic (exact) mass is 601 g/mol. The number of hydrogen-bond acceptors (Lipinski definition) is 4. The van der Waals surface area contributed by atoms with Gasteiger partial charge in [-0.1, -0.05) is 37.1 Å². The largest absolute Gasteiger partial charge is 0.494 e. The van der Waals surface area contributed by atoms with E-state index in [1.807, 2.05) is 25.1 Å². The van der Waals surface area contributed by atoms with Crippen molar-refractivity contribution in [1.82, 2.24) is 14.7 Å². The van der Waals surface area contributed by atoms with Gasteiger partial charge >= 0.3 is 5.97 Å². The lowest BCUT2D eigenvalue weighted by molar-refractivity contribution is -0.144. The van der Waals surface area contributed by atoms with Crippen LogP contribution in [0, 0.1) is 29.5 Å². The summed E-state index contributed by atoms with van der Waals surface area (Å²) in [6.07, 6.45) is 7.91. The van der Waals surface area contributed by atoms with Crippen molar-refractivity contribution in [3.8, 4) is 5.75 Å². The van der Waals surface area contributed by atoms with E-state index in [-0.39, 0.29) is 23.6 Å². The van der Waals surface area contributed by atoms with Gasteiger partial charge in [-0.05, 0) is 124 Å². The quantitative estimate of drug-likeness (QED) is 0.220. The molecule has 2 saturated carbocycles. The Bertz CT molecular complexity index is 1390. The summed E-state index contributed by atoms with van der Waals surface area (Å²) in [5.74, 6) is 1.57. The fraction of sp³-hybridized carbons (Fsp3) is 0.568. The van der Waals surface area contributed by atoms with Crippen LogP contribution >= 0.6 is 0 Å². The number of rotatable bonds is 13. The lowest BCUT2D eigenvalue weighted by atomic mass is 9.85. The molecule has 7 heteroatoms. The van der Waals surface area contributed by atoms with Gasteiger partial charge in [-0.15, -0.1) is 0 Å². The number of aromatic nitrogens is 2. The first-order valence-electron chi connectivity index (χ1n) is 16.9. The van der Waals surface area contributed by atoms with Crippen LogP contribution in [0.15, 0.2) is 54.6 Å². The average Bonchev–Trinajstić information content (AvgIpc) is 3.62. The van der Waals surface area contributed by atoms with Crippen molar-refractivity contribution in [3.63, 3.8) is 0 Å². The summed E-state index contributed by atoms with van der Waals surface area (Å²) in [5, 5.41) is 15.1. The van der Waals surface area contributed by atoms with E-state index in [1.165, 1.54) is 30.2 Å². The third-order valence-corrected chi connectivity index (χ3v) is 10.5. The molecule has 4 atom stereocenters. The first kappa shape index (κ1) is 30.8. The van der Waals surface area contributed by atoms with E-state index in [1.54, 1.807) is 12.1 Å². The van der Waals surface area contributed by atoms with E-state index in [0.29, 0.717) is 24.4 Å². The van der Waals surface area contributed by atoms with Crippen molar-refractivity contribution in [1.29, 1.82) is 0 Å². The van der Waals surface area contributed by atoms with Gasteiger partial charge in [-0.25, -0.2) is 4.39 Å². The van der Waals surface area contributed by atoms with Crippen LogP contribution < -0.4 is 4.74 Å². The third kappa shape index (κ3) is 7.36. The fourth-order valence-corrected chi connectivity index (χ4v) is 8.03. The zero-order valence-corrected chi connectivity index (χ0v) is 26.3. The minimum atomic E-state index is -0.643. The summed E-state index contributed by atoms with van der Waals surface area (Å²) in [4.78, 5) is 14.9. The Labute approximate surface area is 261 Å². The van der Waals surface area contributed by atoms with Crippen LogP contribution in [0.3, 0.4) is 0 Å². The molecule has 6 rings (SSSR count). The Hall–Kier alpha value is -3.19. The molecular weight excluding hydrogens is 553 g/mol. The summed E-state index contributed by atoms with van der Waals surface area (Å²) >= 11 is 0. The predicted octanol–water partition coefficient (Wildman–Crippen LogP) is 7.52. The van der Waals surface area contributed by atoms with Crippen molar-refractivity contribution in [2.45, 2.75) is 83.6 Å². The summed E-state index contributed by atoms with van der Waals surface area (Å²) < 4.78 is 22.1. The molecule has 3 aromatic rings. The maximum absolute atomic E-state index is 14.3. The lowest BCUT2D eigenvalue weighted by Crippen LogP contribution is -2.37. The van der Waals surface area contributed by atoms with Gasteiger partial charge in [0.1, 0.15) is 11.6 Å². The van der Waals surface area contributed by atoms with Crippen molar-refractivity contribution in [2.75, 3.05) is 26.2 Å². The highest BCUT2D eigenvalue weighted by molar-refractivity contribution is 5.70. The van der Waals surface area contributed by atoms with E-state index in [9.17, 15) is 14.3 Å². The van der Waals surface area contributed by atoms with Crippen LogP contribution in [-0.2, 0) is 17.8 Å². The second-order valence-corrected chi connectivity index (χ2v) is 13.5. The second-order valence-electron chi connectivity index (χ2n) is 13.5. The number of aryl methyl sites for hydroxylation is 1. The Morgan fingerprint density at radius 1 is 1.05 bits per heavy atom. The van der Waals surface area contributed by atoms with Gasteiger partial charge in [0, 0.05) is 31.1 Å². The molecule has 3 aliphatic rings. The molecule has 6 nitrogen and oxygen atoms in total. The Morgan fingerprint density at radius 2 is 1.82 bits per heavy atom. The average molecular weight is 602 g/mol. The SMILES string of the molecule is CCOc1ccc(Cc2cc(C3CCN(CC4CC(C(CC5CC5)C(=O)O)C[C@@H]4c4cccc(F)c4)CC3)n(CC)n2)cc1. The molecule has 3 fully saturated rings. The van der Waals surface area contributed by atoms with E-state index >= 15 is 0 Å². The molecule has 1 saturated heterocycles. The molecule has 0 bridgehead atoms. The molecule has 1 aromatic heterocycles. The number of halogens is 1. The topological polar surface area (TPSA) is 67.6 Å². The van der Waals surface area contributed by atoms with Crippen molar-refractivity contribution in [2.24, 2.45) is 23.7 Å². The fourth-order valence-electron chi connectivity index (χ4n) is 8.03. The molecular formula is C37H48FN3O3. The molecule has 2 heterocycles. The summed E-state index contributed by atoms with van der Waals surface area (Å²) in [5.41, 5.74) is 4.73. The van der Waals surface area contributed by atoms with Gasteiger partial charge in [0.25, 0.3) is 0 Å². The minimum absolute atomic E-state index is 0.164. The standard InChI is InChI=1S/C37H48FN3O3/c1-3-41-36(23-32(39-41)18-25-10-12-33(13-11-25)44-4-2)27-14-16-40(17-15-27)24-30-20-29(35(37(42)43)19-26-8-9-26)22-34(30)28-6-5-7-31(38)21-28/h5-7,10-13,21,23,26-27,29-30,34-35H,3-4,8-9,14-20,22,24H2,1-2H3,(H,42,43)/t29?,30?,34-,35?/m1/s1. The number of carbonyl (C=O) groups is 1. The summed E-state index contributed by atoms with van der Waals surface area (Å²) in [6.45, 7) is 8.70. The van der Waals surface area contributed by atoms with Gasteiger partial charge in [0.05, 0.1) is 18.2 Å². The molecule has 2 aromatic carbocycles. The number of nitrogens with zero attached hydrogens (tertiary/aromatic N) is 3. The first-order valence-corrected chi connectivity index (χ1v) is 16.9. The van der Waals surface area contributed by atoms with E-state index in [0.717, 1.165) is 81.7 Å².